The second kappa shape index (κ2) is 12.0. The first-order chi connectivity index (χ1) is 20.0. The van der Waals surface area contributed by atoms with Crippen molar-refractivity contribution in [3.05, 3.63) is 125 Å². The van der Waals surface area contributed by atoms with E-state index in [2.05, 4.69) is 79.5 Å². The van der Waals surface area contributed by atoms with E-state index in [1.165, 1.54) is 11.1 Å². The zero-order chi connectivity index (χ0) is 28.2. The second-order valence-electron chi connectivity index (χ2n) is 11.1. The molecule has 0 N–H and O–H groups in total. The van der Waals surface area contributed by atoms with E-state index in [-0.39, 0.29) is 5.92 Å². The van der Waals surface area contributed by atoms with Crippen molar-refractivity contribution in [1.29, 1.82) is 0 Å². The third kappa shape index (κ3) is 6.06. The van der Waals surface area contributed by atoms with Crippen LogP contribution < -0.4 is 9.47 Å². The quantitative estimate of drug-likeness (QED) is 0.187. The molecule has 1 aliphatic heterocycles. The first-order valence-electron chi connectivity index (χ1n) is 14.3. The molecule has 0 atom stereocenters. The first kappa shape index (κ1) is 26.9. The number of nitrogens with zero attached hydrogens (tertiary/aromatic N) is 2. The summed E-state index contributed by atoms with van der Waals surface area (Å²) in [4.78, 5) is 2.36. The highest BCUT2D eigenvalue weighted by molar-refractivity contribution is 5.83. The highest BCUT2D eigenvalue weighted by Gasteiger charge is 2.23. The molecule has 0 radical (unpaired) electrons. The lowest BCUT2D eigenvalue weighted by Gasteiger charge is -2.25. The van der Waals surface area contributed by atoms with Crippen molar-refractivity contribution in [2.24, 2.45) is 0 Å². The zero-order valence-electron chi connectivity index (χ0n) is 24.0. The summed E-state index contributed by atoms with van der Waals surface area (Å²) < 4.78 is 18.9. The summed E-state index contributed by atoms with van der Waals surface area (Å²) in [6.07, 6.45) is 2.86. The van der Waals surface area contributed by atoms with Gasteiger partial charge in [-0.1, -0.05) is 97.9 Å². The summed E-state index contributed by atoms with van der Waals surface area (Å²) in [6, 6.07) is 31.3. The summed E-state index contributed by atoms with van der Waals surface area (Å²) in [7, 11) is 2.17. The van der Waals surface area contributed by atoms with E-state index < -0.39 is 0 Å². The lowest BCUT2D eigenvalue weighted by atomic mass is 9.92. The average molecular weight is 545 g/mol. The van der Waals surface area contributed by atoms with Gasteiger partial charge < -0.3 is 18.9 Å². The third-order valence-electron chi connectivity index (χ3n) is 7.74. The minimum absolute atomic E-state index is 0.231. The summed E-state index contributed by atoms with van der Waals surface area (Å²) in [5.74, 6) is 2.46. The van der Waals surface area contributed by atoms with Gasteiger partial charge in [-0.05, 0) is 58.8 Å². The molecule has 0 fully saturated rings. The van der Waals surface area contributed by atoms with Crippen LogP contribution >= 0.6 is 0 Å². The third-order valence-corrected chi connectivity index (χ3v) is 7.74. The van der Waals surface area contributed by atoms with Crippen molar-refractivity contribution in [1.82, 2.24) is 10.1 Å². The molecule has 1 aromatic heterocycles. The topological polar surface area (TPSA) is 47.7 Å². The molecule has 0 amide bonds. The molecule has 0 spiro atoms. The summed E-state index contributed by atoms with van der Waals surface area (Å²) >= 11 is 0. The minimum atomic E-state index is 0.231. The smallest absolute Gasteiger partial charge is 0.178 e. The van der Waals surface area contributed by atoms with Crippen LogP contribution in [0, 0.1) is 0 Å². The molecule has 0 aliphatic carbocycles. The number of ether oxygens (including phenoxy) is 2. The van der Waals surface area contributed by atoms with Crippen molar-refractivity contribution in [2.75, 3.05) is 13.6 Å². The Hall–Kier alpha value is -4.35. The van der Waals surface area contributed by atoms with Crippen LogP contribution in [0.2, 0.25) is 0 Å². The molecular weight excluding hydrogens is 508 g/mol. The maximum absolute atomic E-state index is 6.49. The molecule has 5 nitrogen and oxygen atoms in total. The summed E-state index contributed by atoms with van der Waals surface area (Å²) in [5, 5.41) is 4.26. The lowest BCUT2D eigenvalue weighted by molar-refractivity contribution is 0.287. The summed E-state index contributed by atoms with van der Waals surface area (Å²) in [5.41, 5.74) is 9.03. The fraction of sp³-hybridized carbons (Fsp3) is 0.250. The van der Waals surface area contributed by atoms with Gasteiger partial charge in [-0.15, -0.1) is 0 Å². The van der Waals surface area contributed by atoms with Crippen LogP contribution in [0.15, 0.2) is 102 Å². The number of likely N-dealkylation sites (N-methyl/N-ethyl adjacent to an activating group) is 1. The van der Waals surface area contributed by atoms with Crippen LogP contribution in [0.1, 0.15) is 47.6 Å². The predicted molar refractivity (Wildman–Crippen MR) is 163 cm³/mol. The number of aromatic nitrogens is 1. The van der Waals surface area contributed by atoms with Gasteiger partial charge in [0.05, 0.1) is 11.8 Å². The number of hydrogen-bond acceptors (Lipinski definition) is 5. The fourth-order valence-corrected chi connectivity index (χ4v) is 5.42. The highest BCUT2D eigenvalue weighted by Crippen LogP contribution is 2.43. The van der Waals surface area contributed by atoms with E-state index in [1.807, 2.05) is 48.7 Å². The van der Waals surface area contributed by atoms with Gasteiger partial charge >= 0.3 is 0 Å². The zero-order valence-corrected chi connectivity index (χ0v) is 24.0. The van der Waals surface area contributed by atoms with Gasteiger partial charge in [0, 0.05) is 24.7 Å². The fourth-order valence-electron chi connectivity index (χ4n) is 5.42. The molecule has 5 aromatic rings. The monoisotopic (exact) mass is 544 g/mol. The van der Waals surface area contributed by atoms with Crippen LogP contribution in [0.25, 0.3) is 22.5 Å². The first-order valence-corrected chi connectivity index (χ1v) is 14.3. The van der Waals surface area contributed by atoms with E-state index in [9.17, 15) is 0 Å². The average Bonchev–Trinajstić information content (AvgIpc) is 3.49. The van der Waals surface area contributed by atoms with Gasteiger partial charge in [-0.25, -0.2) is 0 Å². The van der Waals surface area contributed by atoms with Crippen LogP contribution in [0.4, 0.5) is 0 Å². The number of rotatable bonds is 9. The van der Waals surface area contributed by atoms with Crippen LogP contribution in [-0.2, 0) is 26.2 Å². The van der Waals surface area contributed by atoms with Gasteiger partial charge in [0.15, 0.2) is 5.76 Å². The maximum Gasteiger partial charge on any atom is 0.178 e. The lowest BCUT2D eigenvalue weighted by Crippen LogP contribution is -2.26. The SMILES string of the molecule is CC(C)c1cc(-c2oncc2-c2ccc3c(c2)CCN(C)C3)c(OCc2ccccc2)cc1OCc1ccccc1. The van der Waals surface area contributed by atoms with Gasteiger partial charge in [0.25, 0.3) is 0 Å². The molecular formula is C36H36N2O3. The predicted octanol–water partition coefficient (Wildman–Crippen LogP) is 8.28. The van der Waals surface area contributed by atoms with Crippen molar-refractivity contribution in [2.45, 2.75) is 45.9 Å². The van der Waals surface area contributed by atoms with Crippen molar-refractivity contribution >= 4 is 0 Å². The van der Waals surface area contributed by atoms with Gasteiger partial charge in [0.2, 0.25) is 0 Å². The van der Waals surface area contributed by atoms with E-state index in [0.717, 1.165) is 58.6 Å². The Morgan fingerprint density at radius 1 is 0.780 bits per heavy atom. The Bertz CT molecular complexity index is 1610. The molecule has 4 aromatic carbocycles. The molecule has 41 heavy (non-hydrogen) atoms. The molecule has 2 heterocycles. The van der Waals surface area contributed by atoms with E-state index in [4.69, 9.17) is 14.0 Å². The molecule has 1 aliphatic rings. The number of benzene rings is 4. The molecule has 5 heteroatoms. The van der Waals surface area contributed by atoms with Gasteiger partial charge in [-0.3, -0.25) is 0 Å². The molecule has 0 unspecified atom stereocenters. The minimum Gasteiger partial charge on any atom is -0.488 e. The van der Waals surface area contributed by atoms with E-state index >= 15 is 0 Å². The number of hydrogen-bond donors (Lipinski definition) is 0. The largest absolute Gasteiger partial charge is 0.488 e. The van der Waals surface area contributed by atoms with Gasteiger partial charge in [-0.2, -0.15) is 0 Å². The number of fused-ring (bicyclic) bond motifs is 1. The standard InChI is InChI=1S/C36H36N2O3/c1-25(2)31-19-32(36-33(21-37-41-36)29-14-15-30-22-38(3)17-16-28(30)18-29)35(40-24-27-12-8-5-9-13-27)20-34(31)39-23-26-10-6-4-7-11-26/h4-15,18-21,25H,16-17,22-24H2,1-3H3. The highest BCUT2D eigenvalue weighted by atomic mass is 16.5. The van der Waals surface area contributed by atoms with Gasteiger partial charge in [0.1, 0.15) is 24.7 Å². The van der Waals surface area contributed by atoms with Crippen molar-refractivity contribution in [3.63, 3.8) is 0 Å². The van der Waals surface area contributed by atoms with E-state index in [0.29, 0.717) is 24.7 Å². The Balaban J connectivity index is 1.40. The Kier molecular flexibility index (Phi) is 7.88. The molecule has 0 bridgehead atoms. The van der Waals surface area contributed by atoms with Crippen molar-refractivity contribution in [3.8, 4) is 33.9 Å². The van der Waals surface area contributed by atoms with Crippen LogP contribution in [-0.4, -0.2) is 23.6 Å². The Morgan fingerprint density at radius 3 is 2.15 bits per heavy atom. The normalized spacial score (nSPS) is 13.3. The molecule has 0 saturated heterocycles. The Morgan fingerprint density at radius 2 is 1.46 bits per heavy atom. The second-order valence-corrected chi connectivity index (χ2v) is 11.1. The molecule has 208 valence electrons. The van der Waals surface area contributed by atoms with Crippen molar-refractivity contribution < 1.29 is 14.0 Å². The molecule has 6 rings (SSSR count). The van der Waals surface area contributed by atoms with Crippen LogP contribution in [0.5, 0.6) is 11.5 Å². The summed E-state index contributed by atoms with van der Waals surface area (Å²) in [6.45, 7) is 7.32. The maximum atomic E-state index is 6.49. The molecule has 0 saturated carbocycles. The van der Waals surface area contributed by atoms with E-state index in [1.54, 1.807) is 0 Å². The van der Waals surface area contributed by atoms with Crippen LogP contribution in [0.3, 0.4) is 0 Å². The Labute approximate surface area is 242 Å².